The van der Waals surface area contributed by atoms with Crippen molar-refractivity contribution in [2.24, 2.45) is 0 Å². The third-order valence-corrected chi connectivity index (χ3v) is 8.28. The van der Waals surface area contributed by atoms with E-state index in [0.29, 0.717) is 22.9 Å². The molecule has 1 saturated heterocycles. The molecule has 0 saturated carbocycles. The number of halogens is 1. The van der Waals surface area contributed by atoms with Gasteiger partial charge in [0.05, 0.1) is 62.4 Å². The number of methoxy groups -OCH3 is 2. The number of nitrogens with zero attached hydrogens (tertiary/aromatic N) is 5. The zero-order valence-electron chi connectivity index (χ0n) is 22.3. The highest BCUT2D eigenvalue weighted by atomic mass is 32.2. The number of rotatable bonds is 10. The number of ether oxygens (including phenoxy) is 2. The minimum atomic E-state index is -4.18. The van der Waals surface area contributed by atoms with Gasteiger partial charge in [0.2, 0.25) is 27.7 Å². The van der Waals surface area contributed by atoms with Crippen LogP contribution in [0, 0.1) is 5.82 Å². The number of carbonyl (C=O) groups excluding carboxylic acids is 1. The quantitative estimate of drug-likeness (QED) is 0.282. The van der Waals surface area contributed by atoms with Crippen LogP contribution < -0.4 is 19.1 Å². The van der Waals surface area contributed by atoms with Crippen molar-refractivity contribution >= 4 is 27.6 Å². The van der Waals surface area contributed by atoms with Crippen molar-refractivity contribution in [1.29, 1.82) is 0 Å². The summed E-state index contributed by atoms with van der Waals surface area (Å²) in [5.74, 6) is -0.0966. The Bertz CT molecular complexity index is 1650. The van der Waals surface area contributed by atoms with E-state index >= 15 is 0 Å². The van der Waals surface area contributed by atoms with Crippen LogP contribution in [-0.4, -0.2) is 71.3 Å². The van der Waals surface area contributed by atoms with Crippen LogP contribution in [0.5, 0.6) is 11.5 Å². The summed E-state index contributed by atoms with van der Waals surface area (Å²) < 4.78 is 61.8. The maximum absolute atomic E-state index is 14.1. The molecule has 0 spiro atoms. The van der Waals surface area contributed by atoms with E-state index in [9.17, 15) is 22.7 Å². The zero-order chi connectivity index (χ0) is 29.3. The summed E-state index contributed by atoms with van der Waals surface area (Å²) >= 11 is 0. The molecule has 4 aromatic rings. The first-order valence-electron chi connectivity index (χ1n) is 12.5. The first kappa shape index (κ1) is 28.0. The van der Waals surface area contributed by atoms with Gasteiger partial charge in [-0.25, -0.2) is 12.8 Å². The normalized spacial score (nSPS) is 16.2. The van der Waals surface area contributed by atoms with Crippen molar-refractivity contribution < 1.29 is 36.6 Å². The van der Waals surface area contributed by atoms with Gasteiger partial charge in [0.15, 0.2) is 5.76 Å². The third-order valence-electron chi connectivity index (χ3n) is 6.58. The van der Waals surface area contributed by atoms with Crippen molar-refractivity contribution in [1.82, 2.24) is 19.7 Å². The number of amides is 1. The Hall–Kier alpha value is -4.50. The second kappa shape index (κ2) is 11.2. The number of aliphatic hydroxyl groups excluding tert-OH is 1. The number of furan rings is 1. The lowest BCUT2D eigenvalue weighted by Crippen LogP contribution is -2.31. The van der Waals surface area contributed by atoms with Gasteiger partial charge in [-0.05, 0) is 31.2 Å². The first-order chi connectivity index (χ1) is 19.6. The van der Waals surface area contributed by atoms with E-state index in [-0.39, 0.29) is 42.5 Å². The number of hydrogen-bond donors (Lipinski definition) is 2. The number of aromatic nitrogens is 4. The summed E-state index contributed by atoms with van der Waals surface area (Å²) in [5, 5.41) is 17.0. The smallest absolute Gasteiger partial charge is 0.243 e. The molecule has 4 heterocycles. The van der Waals surface area contributed by atoms with Gasteiger partial charge in [-0.15, -0.1) is 10.2 Å². The summed E-state index contributed by atoms with van der Waals surface area (Å²) in [5.41, 5.74) is 0.610. The van der Waals surface area contributed by atoms with Gasteiger partial charge in [0.1, 0.15) is 23.0 Å². The van der Waals surface area contributed by atoms with E-state index in [1.165, 1.54) is 36.9 Å². The number of sulfonamides is 1. The SMILES string of the molecule is COc1cccc(OC)c1-n1c(NS(=O)(=O)C(C)Cc2ncc(F)cc2N2C[C@H](O)CC2=O)nnc1-c1ccco1. The van der Waals surface area contributed by atoms with Crippen molar-refractivity contribution in [3.63, 3.8) is 0 Å². The van der Waals surface area contributed by atoms with Crippen molar-refractivity contribution in [2.75, 3.05) is 30.4 Å². The number of anilines is 2. The average Bonchev–Trinajstić information content (AvgIpc) is 3.69. The van der Waals surface area contributed by atoms with Crippen LogP contribution in [0.25, 0.3) is 17.3 Å². The molecule has 216 valence electrons. The predicted molar refractivity (Wildman–Crippen MR) is 145 cm³/mol. The summed E-state index contributed by atoms with van der Waals surface area (Å²) in [7, 11) is -1.27. The van der Waals surface area contributed by atoms with E-state index in [2.05, 4.69) is 19.9 Å². The fraction of sp³-hybridized carbons (Fsp3) is 0.308. The predicted octanol–water partition coefficient (Wildman–Crippen LogP) is 2.55. The largest absolute Gasteiger partial charge is 0.494 e. The third kappa shape index (κ3) is 5.45. The Morgan fingerprint density at radius 3 is 2.54 bits per heavy atom. The van der Waals surface area contributed by atoms with Gasteiger partial charge in [-0.3, -0.25) is 19.1 Å². The Balaban J connectivity index is 1.52. The molecule has 0 aliphatic carbocycles. The standard InChI is InChI=1S/C26H27FN6O7S/c1-15(10-18-19(11-16(27)13-28-18)32-14-17(34)12-23(32)35)41(36,37)31-26-30-29-25(22-8-5-9-40-22)33(26)24-20(38-2)6-4-7-21(24)39-3/h4-9,11,13,15,17,34H,10,12,14H2,1-3H3,(H,30,31)/t15?,17-/m1/s1. The lowest BCUT2D eigenvalue weighted by atomic mass is 10.2. The van der Waals surface area contributed by atoms with Crippen LogP contribution in [0.4, 0.5) is 16.0 Å². The van der Waals surface area contributed by atoms with Crippen LogP contribution in [-0.2, 0) is 21.2 Å². The second-order valence-electron chi connectivity index (χ2n) is 9.31. The molecule has 5 rings (SSSR count). The minimum absolute atomic E-state index is 0.0459. The molecule has 13 nitrogen and oxygen atoms in total. The second-order valence-corrected chi connectivity index (χ2v) is 11.4. The number of carbonyl (C=O) groups is 1. The van der Waals surface area contributed by atoms with Crippen LogP contribution in [0.1, 0.15) is 19.0 Å². The van der Waals surface area contributed by atoms with Gasteiger partial charge in [-0.1, -0.05) is 6.07 Å². The number of aliphatic hydroxyl groups is 1. The molecule has 1 fully saturated rings. The molecule has 1 aliphatic heterocycles. The van der Waals surface area contributed by atoms with Crippen LogP contribution >= 0.6 is 0 Å². The highest BCUT2D eigenvalue weighted by molar-refractivity contribution is 7.93. The first-order valence-corrected chi connectivity index (χ1v) is 14.0. The number of nitrogens with one attached hydrogen (secondary N) is 1. The van der Waals surface area contributed by atoms with Gasteiger partial charge >= 0.3 is 0 Å². The Kier molecular flexibility index (Phi) is 7.64. The number of β-amino-alcohol motifs (C(OH)–C–C–N with tert-alkyl or cyclic N) is 1. The Morgan fingerprint density at radius 1 is 1.20 bits per heavy atom. The summed E-state index contributed by atoms with van der Waals surface area (Å²) in [4.78, 5) is 17.7. The lowest BCUT2D eigenvalue weighted by Gasteiger charge is -2.21. The summed E-state index contributed by atoms with van der Waals surface area (Å²) in [6.45, 7) is 1.39. The van der Waals surface area contributed by atoms with Gasteiger partial charge in [0, 0.05) is 12.5 Å². The van der Waals surface area contributed by atoms with E-state index in [4.69, 9.17) is 13.9 Å². The molecule has 3 aromatic heterocycles. The van der Waals surface area contributed by atoms with Gasteiger partial charge in [0.25, 0.3) is 0 Å². The minimum Gasteiger partial charge on any atom is -0.494 e. The van der Waals surface area contributed by atoms with Crippen LogP contribution in [0.15, 0.2) is 53.3 Å². The molecule has 41 heavy (non-hydrogen) atoms. The lowest BCUT2D eigenvalue weighted by molar-refractivity contribution is -0.117. The summed E-state index contributed by atoms with van der Waals surface area (Å²) in [6, 6.07) is 9.44. The van der Waals surface area contributed by atoms with E-state index in [1.54, 1.807) is 30.3 Å². The molecule has 2 N–H and O–H groups in total. The number of para-hydroxylation sites is 1. The fourth-order valence-electron chi connectivity index (χ4n) is 4.56. The number of pyridine rings is 1. The molecular weight excluding hydrogens is 559 g/mol. The van der Waals surface area contributed by atoms with Crippen LogP contribution in [0.2, 0.25) is 0 Å². The molecule has 1 aliphatic rings. The van der Waals surface area contributed by atoms with E-state index in [1.807, 2.05) is 0 Å². The van der Waals surface area contributed by atoms with Crippen molar-refractivity contribution in [3.05, 3.63) is 60.4 Å². The maximum atomic E-state index is 14.1. The average molecular weight is 587 g/mol. The molecule has 1 amide bonds. The van der Waals surface area contributed by atoms with E-state index < -0.39 is 33.1 Å². The highest BCUT2D eigenvalue weighted by Crippen LogP contribution is 2.38. The van der Waals surface area contributed by atoms with Crippen LogP contribution in [0.3, 0.4) is 0 Å². The zero-order valence-corrected chi connectivity index (χ0v) is 23.1. The Morgan fingerprint density at radius 2 is 1.93 bits per heavy atom. The van der Waals surface area contributed by atoms with E-state index in [0.717, 1.165) is 12.3 Å². The molecule has 15 heteroatoms. The number of hydrogen-bond acceptors (Lipinski definition) is 10. The van der Waals surface area contributed by atoms with Gasteiger partial charge < -0.3 is 23.9 Å². The molecule has 1 aromatic carbocycles. The molecule has 0 bridgehead atoms. The fourth-order valence-corrected chi connectivity index (χ4v) is 5.52. The highest BCUT2D eigenvalue weighted by Gasteiger charge is 2.33. The number of benzene rings is 1. The van der Waals surface area contributed by atoms with Crippen molar-refractivity contribution in [3.8, 4) is 28.8 Å². The van der Waals surface area contributed by atoms with Crippen molar-refractivity contribution in [2.45, 2.75) is 31.1 Å². The Labute approximate surface area is 234 Å². The molecule has 2 atom stereocenters. The molecule has 0 radical (unpaired) electrons. The molecule has 1 unspecified atom stereocenters. The molecular formula is C26H27FN6O7S. The summed E-state index contributed by atoms with van der Waals surface area (Å²) in [6.07, 6.45) is 1.18. The monoisotopic (exact) mass is 586 g/mol. The maximum Gasteiger partial charge on any atom is 0.243 e. The van der Waals surface area contributed by atoms with Gasteiger partial charge in [-0.2, -0.15) is 0 Å². The topological polar surface area (TPSA) is 162 Å².